The molecule has 1 N–H and O–H groups in total. The van der Waals surface area contributed by atoms with Crippen molar-refractivity contribution >= 4 is 33.5 Å². The van der Waals surface area contributed by atoms with Gasteiger partial charge >= 0.3 is 0 Å². The molecule has 0 saturated carbocycles. The number of aromatic nitrogens is 4. The van der Waals surface area contributed by atoms with Crippen LogP contribution < -0.4 is 5.32 Å². The molecule has 0 radical (unpaired) electrons. The average molecular weight is 406 g/mol. The molecule has 0 unspecified atom stereocenters. The molecule has 1 amide bonds. The molecule has 0 aliphatic heterocycles. The number of carbonyl (C=O) groups is 1. The van der Waals surface area contributed by atoms with Crippen LogP contribution in [0.5, 0.6) is 0 Å². The second-order valence-electron chi connectivity index (χ2n) is 7.85. The highest BCUT2D eigenvalue weighted by Crippen LogP contribution is 2.28. The Morgan fingerprint density at radius 3 is 2.80 bits per heavy atom. The average Bonchev–Trinajstić information content (AvgIpc) is 3.27. The lowest BCUT2D eigenvalue weighted by Crippen LogP contribution is -2.14. The lowest BCUT2D eigenvalue weighted by Gasteiger charge is -2.12. The van der Waals surface area contributed by atoms with E-state index in [0.29, 0.717) is 12.2 Å². The van der Waals surface area contributed by atoms with Crippen LogP contribution in [0.15, 0.2) is 36.5 Å². The molecular weight excluding hydrogens is 378 g/mol. The van der Waals surface area contributed by atoms with Crippen LogP contribution in [-0.2, 0) is 18.3 Å². The summed E-state index contributed by atoms with van der Waals surface area (Å²) in [6.45, 7) is 7.44. The smallest absolute Gasteiger partial charge is 0.256 e. The molecule has 0 aliphatic carbocycles. The SMILES string of the molecule is COCCn1ccc2c(NC(=O)c3cc(C(C)C)nc4c3c(C)nn4C)cccc21. The molecule has 0 fully saturated rings. The van der Waals surface area contributed by atoms with Crippen molar-refractivity contribution in [3.8, 4) is 0 Å². The number of ether oxygens (including phenoxy) is 1. The highest BCUT2D eigenvalue weighted by molar-refractivity contribution is 6.15. The molecule has 0 atom stereocenters. The van der Waals surface area contributed by atoms with Crippen molar-refractivity contribution in [2.24, 2.45) is 7.05 Å². The minimum absolute atomic E-state index is 0.155. The number of hydrogen-bond donors (Lipinski definition) is 1. The number of amides is 1. The largest absolute Gasteiger partial charge is 0.383 e. The van der Waals surface area contributed by atoms with E-state index < -0.39 is 0 Å². The van der Waals surface area contributed by atoms with Crippen molar-refractivity contribution in [1.29, 1.82) is 0 Å². The number of methoxy groups -OCH3 is 1. The fourth-order valence-corrected chi connectivity index (χ4v) is 3.85. The molecule has 0 bridgehead atoms. The van der Waals surface area contributed by atoms with Gasteiger partial charge < -0.3 is 14.6 Å². The standard InChI is InChI=1S/C23H27N5O2/c1-14(2)19-13-17(21-15(3)26-27(4)22(21)24-19)23(29)25-18-7-6-8-20-16(18)9-10-28(20)11-12-30-5/h6-10,13-14H,11-12H2,1-5H3,(H,25,29). The van der Waals surface area contributed by atoms with E-state index in [1.54, 1.807) is 11.8 Å². The number of rotatable bonds is 6. The van der Waals surface area contributed by atoms with E-state index in [4.69, 9.17) is 9.72 Å². The van der Waals surface area contributed by atoms with E-state index in [1.807, 2.05) is 50.5 Å². The van der Waals surface area contributed by atoms with Crippen LogP contribution in [-0.4, -0.2) is 39.0 Å². The summed E-state index contributed by atoms with van der Waals surface area (Å²) in [7, 11) is 3.55. The van der Waals surface area contributed by atoms with Crippen molar-refractivity contribution in [1.82, 2.24) is 19.3 Å². The lowest BCUT2D eigenvalue weighted by molar-refractivity contribution is 0.102. The molecular formula is C23H27N5O2. The van der Waals surface area contributed by atoms with Gasteiger partial charge in [0.15, 0.2) is 5.65 Å². The lowest BCUT2D eigenvalue weighted by atomic mass is 10.0. The first-order valence-corrected chi connectivity index (χ1v) is 10.1. The van der Waals surface area contributed by atoms with Crippen LogP contribution >= 0.6 is 0 Å². The third kappa shape index (κ3) is 3.45. The number of benzene rings is 1. The van der Waals surface area contributed by atoms with Gasteiger partial charge in [-0.25, -0.2) is 4.98 Å². The Morgan fingerprint density at radius 2 is 2.07 bits per heavy atom. The Balaban J connectivity index is 1.76. The maximum absolute atomic E-state index is 13.4. The van der Waals surface area contributed by atoms with Crippen molar-refractivity contribution in [2.75, 3.05) is 19.0 Å². The van der Waals surface area contributed by atoms with Gasteiger partial charge in [0.1, 0.15) is 0 Å². The Morgan fingerprint density at radius 1 is 1.27 bits per heavy atom. The number of hydrogen-bond acceptors (Lipinski definition) is 4. The number of anilines is 1. The minimum Gasteiger partial charge on any atom is -0.383 e. The second-order valence-corrected chi connectivity index (χ2v) is 7.85. The van der Waals surface area contributed by atoms with E-state index in [9.17, 15) is 4.79 Å². The number of aryl methyl sites for hydroxylation is 2. The van der Waals surface area contributed by atoms with Crippen LogP contribution in [0.3, 0.4) is 0 Å². The predicted molar refractivity (Wildman–Crippen MR) is 119 cm³/mol. The van der Waals surface area contributed by atoms with Gasteiger partial charge in [0.05, 0.1) is 34.5 Å². The summed E-state index contributed by atoms with van der Waals surface area (Å²) < 4.78 is 9.06. The molecule has 7 heteroatoms. The molecule has 4 aromatic rings. The topological polar surface area (TPSA) is 74.0 Å². The Hall–Kier alpha value is -3.19. The van der Waals surface area contributed by atoms with Gasteiger partial charge in [-0.3, -0.25) is 9.48 Å². The summed E-state index contributed by atoms with van der Waals surface area (Å²) >= 11 is 0. The molecule has 0 saturated heterocycles. The molecule has 7 nitrogen and oxygen atoms in total. The minimum atomic E-state index is -0.155. The monoisotopic (exact) mass is 405 g/mol. The molecule has 3 aromatic heterocycles. The van der Waals surface area contributed by atoms with Gasteiger partial charge in [0.2, 0.25) is 0 Å². The van der Waals surface area contributed by atoms with Crippen molar-refractivity contribution in [3.05, 3.63) is 53.5 Å². The summed E-state index contributed by atoms with van der Waals surface area (Å²) in [6, 6.07) is 9.85. The third-order valence-corrected chi connectivity index (χ3v) is 5.42. The molecule has 4 rings (SSSR count). The summed E-state index contributed by atoms with van der Waals surface area (Å²) in [4.78, 5) is 18.1. The van der Waals surface area contributed by atoms with Gasteiger partial charge in [-0.15, -0.1) is 0 Å². The highest BCUT2D eigenvalue weighted by Gasteiger charge is 2.20. The van der Waals surface area contributed by atoms with E-state index >= 15 is 0 Å². The van der Waals surface area contributed by atoms with Gasteiger partial charge in [-0.2, -0.15) is 5.10 Å². The van der Waals surface area contributed by atoms with Crippen LogP contribution in [0.2, 0.25) is 0 Å². The fraction of sp³-hybridized carbons (Fsp3) is 0.348. The number of nitrogens with one attached hydrogen (secondary N) is 1. The van der Waals surface area contributed by atoms with Crippen molar-refractivity contribution in [3.63, 3.8) is 0 Å². The van der Waals surface area contributed by atoms with E-state index in [-0.39, 0.29) is 11.8 Å². The van der Waals surface area contributed by atoms with Crippen LogP contribution in [0, 0.1) is 6.92 Å². The molecule has 0 aliphatic rings. The van der Waals surface area contributed by atoms with Crippen LogP contribution in [0.25, 0.3) is 21.9 Å². The third-order valence-electron chi connectivity index (χ3n) is 5.42. The summed E-state index contributed by atoms with van der Waals surface area (Å²) in [5.74, 6) is 0.0481. The predicted octanol–water partition coefficient (Wildman–Crippen LogP) is 4.25. The molecule has 3 heterocycles. The van der Waals surface area contributed by atoms with Crippen LogP contribution in [0.1, 0.15) is 41.5 Å². The van der Waals surface area contributed by atoms with Crippen LogP contribution in [0.4, 0.5) is 5.69 Å². The first kappa shape index (κ1) is 20.1. The van der Waals surface area contributed by atoms with E-state index in [1.165, 1.54) is 0 Å². The maximum atomic E-state index is 13.4. The van der Waals surface area contributed by atoms with E-state index in [0.717, 1.165) is 45.6 Å². The molecule has 0 spiro atoms. The van der Waals surface area contributed by atoms with Crippen molar-refractivity contribution < 1.29 is 9.53 Å². The molecule has 1 aromatic carbocycles. The maximum Gasteiger partial charge on any atom is 0.256 e. The first-order valence-electron chi connectivity index (χ1n) is 10.1. The number of fused-ring (bicyclic) bond motifs is 2. The van der Waals surface area contributed by atoms with Crippen molar-refractivity contribution in [2.45, 2.75) is 33.2 Å². The summed E-state index contributed by atoms with van der Waals surface area (Å²) in [6.07, 6.45) is 2.02. The van der Waals surface area contributed by atoms with Gasteiger partial charge in [-0.1, -0.05) is 19.9 Å². The number of pyridine rings is 1. The fourth-order valence-electron chi connectivity index (χ4n) is 3.85. The zero-order valence-corrected chi connectivity index (χ0v) is 18.1. The van der Waals surface area contributed by atoms with Gasteiger partial charge in [0.25, 0.3) is 5.91 Å². The quantitative estimate of drug-likeness (QED) is 0.520. The number of carbonyl (C=O) groups excluding carboxylic acids is 1. The van der Waals surface area contributed by atoms with E-state index in [2.05, 4.69) is 28.8 Å². The summed E-state index contributed by atoms with van der Waals surface area (Å²) in [5.41, 5.74) is 4.85. The molecule has 30 heavy (non-hydrogen) atoms. The zero-order chi connectivity index (χ0) is 21.4. The van der Waals surface area contributed by atoms with Gasteiger partial charge in [-0.05, 0) is 37.1 Å². The number of nitrogens with zero attached hydrogens (tertiary/aromatic N) is 4. The first-order chi connectivity index (χ1) is 14.4. The van der Waals surface area contributed by atoms with Gasteiger partial charge in [0, 0.05) is 38.0 Å². The Kier molecular flexibility index (Phi) is 5.30. The Bertz CT molecular complexity index is 1240. The summed E-state index contributed by atoms with van der Waals surface area (Å²) in [5, 5.41) is 9.39. The highest BCUT2D eigenvalue weighted by atomic mass is 16.5. The normalized spacial score (nSPS) is 11.7. The Labute approximate surface area is 175 Å². The second kappa shape index (κ2) is 7.91. The zero-order valence-electron chi connectivity index (χ0n) is 18.1. The molecule has 156 valence electrons.